The van der Waals surface area contributed by atoms with Crippen molar-refractivity contribution in [2.45, 2.75) is 167 Å². The number of likely N-dealkylation sites (N-methyl/N-ethyl adjacent to an activating group) is 2. The first kappa shape index (κ1) is 57.0. The zero-order chi connectivity index (χ0) is 55.2. The second-order valence-corrected chi connectivity index (χ2v) is 23.2. The second-order valence-electron chi connectivity index (χ2n) is 23.2. The lowest BCUT2D eigenvalue weighted by Crippen LogP contribution is -2.59. The second kappa shape index (κ2) is 24.1. The average Bonchev–Trinajstić information content (AvgIpc) is 4.03. The summed E-state index contributed by atoms with van der Waals surface area (Å²) in [5.41, 5.74) is 2.67. The van der Waals surface area contributed by atoms with Gasteiger partial charge in [0.25, 0.3) is 11.8 Å². The van der Waals surface area contributed by atoms with Crippen molar-refractivity contribution in [1.29, 1.82) is 0 Å². The third-order valence-corrected chi connectivity index (χ3v) is 15.5. The zero-order valence-corrected chi connectivity index (χ0v) is 45.8. The van der Waals surface area contributed by atoms with Gasteiger partial charge in [0.1, 0.15) is 35.6 Å². The van der Waals surface area contributed by atoms with E-state index < -0.39 is 82.8 Å². The molecule has 8 amide bonds. The summed E-state index contributed by atoms with van der Waals surface area (Å²) in [6.45, 7) is 14.3. The number of benzene rings is 2. The quantitative estimate of drug-likeness (QED) is 0.104. The lowest BCUT2D eigenvalue weighted by atomic mass is 9.85. The molecule has 410 valence electrons. The number of aryl methyl sites for hydroxylation is 2. The van der Waals surface area contributed by atoms with E-state index in [1.165, 1.54) is 28.0 Å². The molecule has 76 heavy (non-hydrogen) atoms. The molecule has 0 radical (unpaired) electrons. The van der Waals surface area contributed by atoms with Gasteiger partial charge in [-0.15, -0.1) is 0 Å². The predicted molar refractivity (Wildman–Crippen MR) is 287 cm³/mol. The van der Waals surface area contributed by atoms with E-state index in [-0.39, 0.29) is 73.0 Å². The highest BCUT2D eigenvalue weighted by molar-refractivity contribution is 5.98. The Morgan fingerprint density at radius 1 is 0.539 bits per heavy atom. The first-order valence-electron chi connectivity index (χ1n) is 26.9. The monoisotopic (exact) mass is 1050 g/mol. The molecule has 0 saturated carbocycles. The fraction of sp³-hybridized carbons (Fsp3) is 0.561. The number of carbonyl (C=O) groups excluding carboxylic acids is 8. The Morgan fingerprint density at radius 2 is 0.921 bits per heavy atom. The molecule has 3 aromatic rings. The maximum Gasteiger partial charge on any atom is 0.270 e. The van der Waals surface area contributed by atoms with Gasteiger partial charge in [-0.3, -0.25) is 38.4 Å². The highest BCUT2D eigenvalue weighted by Crippen LogP contribution is 2.34. The fourth-order valence-corrected chi connectivity index (χ4v) is 10.8. The van der Waals surface area contributed by atoms with Crippen LogP contribution in [0.1, 0.15) is 149 Å². The number of amides is 8. The molecule has 0 spiro atoms. The lowest BCUT2D eigenvalue weighted by Gasteiger charge is -2.36. The van der Waals surface area contributed by atoms with Crippen LogP contribution >= 0.6 is 0 Å². The molecule has 2 aliphatic heterocycles. The summed E-state index contributed by atoms with van der Waals surface area (Å²) in [7, 11) is 3.29. The normalized spacial score (nSPS) is 22.9. The molecule has 2 unspecified atom stereocenters. The Hall–Kier alpha value is -6.73. The molecule has 4 aliphatic rings. The fourth-order valence-electron chi connectivity index (χ4n) is 10.8. The highest BCUT2D eigenvalue weighted by atomic mass is 16.2. The Balaban J connectivity index is 1.09. The Bertz CT molecular complexity index is 2490. The van der Waals surface area contributed by atoms with E-state index in [9.17, 15) is 38.4 Å². The largest absolute Gasteiger partial charge is 0.347 e. The van der Waals surface area contributed by atoms with Crippen molar-refractivity contribution in [2.75, 3.05) is 27.2 Å². The van der Waals surface area contributed by atoms with Gasteiger partial charge in [-0.2, -0.15) is 0 Å². The van der Waals surface area contributed by atoms with E-state index >= 15 is 0 Å². The van der Waals surface area contributed by atoms with Crippen LogP contribution in [0.5, 0.6) is 0 Å². The van der Waals surface area contributed by atoms with Gasteiger partial charge in [0, 0.05) is 25.2 Å². The first-order chi connectivity index (χ1) is 36.0. The molecule has 10 atom stereocenters. The maximum absolute atomic E-state index is 14.7. The summed E-state index contributed by atoms with van der Waals surface area (Å²) in [5, 5.41) is 24.0. The van der Waals surface area contributed by atoms with Gasteiger partial charge >= 0.3 is 0 Å². The summed E-state index contributed by atoms with van der Waals surface area (Å²) < 4.78 is 0. The molecule has 2 aromatic carbocycles. The van der Waals surface area contributed by atoms with Crippen LogP contribution in [0.4, 0.5) is 0 Å². The van der Waals surface area contributed by atoms with Gasteiger partial charge in [0.05, 0.1) is 24.2 Å². The highest BCUT2D eigenvalue weighted by Gasteiger charge is 2.48. The lowest BCUT2D eigenvalue weighted by molar-refractivity contribution is -0.144. The standard InChI is InChI=1S/C57H79N11O8/c1-32(58-9)48(69)65-46(56(3,4)5)54(75)67-30-36(28-44(67)52(73)63-40-24-15-20-34-18-11-13-22-38(34)40)60-50(71)42-26-17-27-43(62-42)51(72)61-37-29-45(53(74)64-41-25-16-21-35-19-12-14-23-39(35)41)68(31-37)55(76)47(57(6,7)8)66-49(70)33(2)59-10/h11-14,17-19,22-23,26-27,32-33,36-37,40-41,44-47,58-59H,15-16,20-21,24-25,28-31H2,1-10H3,(H,60,71)(H,61,72)(H,63,73)(H,64,74)(H,65,69)(H,66,70)/t32-,33?,36-,37-,40?,41+,44-,45-,46+,47+/m0/s1. The van der Waals surface area contributed by atoms with Crippen molar-refractivity contribution >= 4 is 47.3 Å². The van der Waals surface area contributed by atoms with Crippen molar-refractivity contribution < 1.29 is 38.4 Å². The van der Waals surface area contributed by atoms with Crippen LogP contribution in [0, 0.1) is 10.8 Å². The summed E-state index contributed by atoms with van der Waals surface area (Å²) in [4.78, 5) is 120. The van der Waals surface area contributed by atoms with Crippen molar-refractivity contribution in [1.82, 2.24) is 57.3 Å². The first-order valence-corrected chi connectivity index (χ1v) is 26.9. The number of hydrogen-bond acceptors (Lipinski definition) is 11. The number of carbonyl (C=O) groups is 8. The number of nitrogens with one attached hydrogen (secondary N) is 8. The predicted octanol–water partition coefficient (Wildman–Crippen LogP) is 3.15. The minimum atomic E-state index is -1.01. The van der Waals surface area contributed by atoms with E-state index in [0.29, 0.717) is 0 Å². The number of pyridine rings is 1. The number of aromatic nitrogens is 1. The van der Waals surface area contributed by atoms with E-state index in [1.54, 1.807) is 27.9 Å². The van der Waals surface area contributed by atoms with Crippen LogP contribution < -0.4 is 42.5 Å². The molecule has 7 rings (SSSR count). The van der Waals surface area contributed by atoms with Gasteiger partial charge in [-0.25, -0.2) is 4.98 Å². The van der Waals surface area contributed by atoms with Gasteiger partial charge in [-0.1, -0.05) is 96.1 Å². The minimum Gasteiger partial charge on any atom is -0.347 e. The molecular formula is C57H79N11O8. The zero-order valence-electron chi connectivity index (χ0n) is 45.8. The Kier molecular flexibility index (Phi) is 18.1. The molecule has 3 heterocycles. The topological polar surface area (TPSA) is 252 Å². The van der Waals surface area contributed by atoms with E-state index in [0.717, 1.165) is 60.8 Å². The molecular weight excluding hydrogens is 967 g/mol. The van der Waals surface area contributed by atoms with Gasteiger partial charge < -0.3 is 52.3 Å². The van der Waals surface area contributed by atoms with Crippen LogP contribution in [0.3, 0.4) is 0 Å². The summed E-state index contributed by atoms with van der Waals surface area (Å²) in [6, 6.07) is 13.2. The van der Waals surface area contributed by atoms with E-state index in [1.807, 2.05) is 77.9 Å². The third-order valence-electron chi connectivity index (χ3n) is 15.5. The SMILES string of the molecule is CNC(C)C(=O)N[C@H](C(=O)N1C[C@@H](NC(=O)c2cccc(C(=O)N[C@H]3C[C@@H](C(=O)NC4CCCc5ccccc54)N(C(=O)[C@@H](NC(=O)[C@H](C)NC)C(C)(C)C)C3)n2)C[C@H]1C(=O)N[C@@H]1CCCc2ccccc21)C(C)(C)C. The molecule has 2 saturated heterocycles. The van der Waals surface area contributed by atoms with Crippen LogP contribution in [-0.2, 0) is 41.6 Å². The van der Waals surface area contributed by atoms with Gasteiger partial charge in [0.2, 0.25) is 35.4 Å². The summed E-state index contributed by atoms with van der Waals surface area (Å²) >= 11 is 0. The molecule has 8 N–H and O–H groups in total. The maximum atomic E-state index is 14.7. The number of hydrogen-bond donors (Lipinski definition) is 8. The van der Waals surface area contributed by atoms with Crippen molar-refractivity contribution in [3.8, 4) is 0 Å². The molecule has 1 aromatic heterocycles. The number of likely N-dealkylation sites (tertiary alicyclic amines) is 2. The van der Waals surface area contributed by atoms with Crippen molar-refractivity contribution in [3.05, 3.63) is 100 Å². The van der Waals surface area contributed by atoms with E-state index in [4.69, 9.17) is 0 Å². The molecule has 2 fully saturated rings. The smallest absolute Gasteiger partial charge is 0.270 e. The van der Waals surface area contributed by atoms with Gasteiger partial charge in [0.15, 0.2) is 0 Å². The molecule has 0 bridgehead atoms. The molecule has 19 nitrogen and oxygen atoms in total. The van der Waals surface area contributed by atoms with Crippen molar-refractivity contribution in [2.24, 2.45) is 10.8 Å². The average molecular weight is 1050 g/mol. The van der Waals surface area contributed by atoms with Crippen LogP contribution in [0.2, 0.25) is 0 Å². The summed E-state index contributed by atoms with van der Waals surface area (Å²) in [5.74, 6) is -3.72. The Labute approximate surface area is 447 Å². The van der Waals surface area contributed by atoms with E-state index in [2.05, 4.69) is 59.7 Å². The van der Waals surface area contributed by atoms with Crippen LogP contribution in [-0.4, -0.2) is 138 Å². The van der Waals surface area contributed by atoms with Gasteiger partial charge in [-0.05, 0) is 125 Å². The minimum absolute atomic E-state index is 0.0404. The number of fused-ring (bicyclic) bond motifs is 2. The molecule has 2 aliphatic carbocycles. The van der Waals surface area contributed by atoms with Crippen LogP contribution in [0.15, 0.2) is 66.7 Å². The Morgan fingerprint density at radius 3 is 1.29 bits per heavy atom. The van der Waals surface area contributed by atoms with Crippen molar-refractivity contribution in [3.63, 3.8) is 0 Å². The summed E-state index contributed by atoms with van der Waals surface area (Å²) in [6.07, 6.45) is 5.13. The number of nitrogens with zero attached hydrogens (tertiary/aromatic N) is 3. The molecule has 19 heteroatoms. The van der Waals surface area contributed by atoms with Crippen LogP contribution in [0.25, 0.3) is 0 Å². The number of rotatable bonds is 16. The third kappa shape index (κ3) is 13.3.